The number of anilines is 1. The minimum atomic E-state index is -0.540. The molecule has 2 aromatic heterocycles. The summed E-state index contributed by atoms with van der Waals surface area (Å²) in [6.45, 7) is 4.86. The molecule has 7 heteroatoms. The molecule has 6 nitrogen and oxygen atoms in total. The molecule has 0 unspecified atom stereocenters. The topological polar surface area (TPSA) is 82.7 Å². The van der Waals surface area contributed by atoms with Crippen molar-refractivity contribution in [2.45, 2.75) is 26.8 Å². The lowest BCUT2D eigenvalue weighted by Crippen LogP contribution is -2.25. The fraction of sp³-hybridized carbons (Fsp3) is 0.357. The summed E-state index contributed by atoms with van der Waals surface area (Å²) in [5, 5.41) is 12.4. The number of aryl methyl sites for hydroxylation is 1. The van der Waals surface area contributed by atoms with E-state index in [0.717, 1.165) is 23.9 Å². The summed E-state index contributed by atoms with van der Waals surface area (Å²) in [5.41, 5.74) is 1.97. The Kier molecular flexibility index (Phi) is 4.86. The molecule has 0 spiro atoms. The van der Waals surface area contributed by atoms with Gasteiger partial charge >= 0.3 is 0 Å². The van der Waals surface area contributed by atoms with Crippen LogP contribution in [0.2, 0.25) is 0 Å². The van der Waals surface area contributed by atoms with Crippen molar-refractivity contribution in [2.75, 3.05) is 11.9 Å². The first-order chi connectivity index (χ1) is 10.1. The van der Waals surface area contributed by atoms with Crippen LogP contribution in [0.3, 0.4) is 0 Å². The largest absolute Gasteiger partial charge is 0.369 e. The predicted octanol–water partition coefficient (Wildman–Crippen LogP) is 2.00. The molecule has 0 radical (unpaired) electrons. The van der Waals surface area contributed by atoms with Gasteiger partial charge in [-0.2, -0.15) is 5.10 Å². The summed E-state index contributed by atoms with van der Waals surface area (Å²) < 4.78 is 13.3. The van der Waals surface area contributed by atoms with Gasteiger partial charge in [-0.05, 0) is 19.4 Å². The van der Waals surface area contributed by atoms with Gasteiger partial charge in [0, 0.05) is 24.3 Å². The van der Waals surface area contributed by atoms with Gasteiger partial charge in [0.05, 0.1) is 18.0 Å². The first kappa shape index (κ1) is 15.0. The zero-order valence-electron chi connectivity index (χ0n) is 12.0. The first-order valence-corrected chi connectivity index (χ1v) is 6.78. The highest BCUT2D eigenvalue weighted by molar-refractivity contribution is 5.98. The summed E-state index contributed by atoms with van der Waals surface area (Å²) in [4.78, 5) is 16.1. The number of hydrogen-bond donors (Lipinski definition) is 3. The van der Waals surface area contributed by atoms with Gasteiger partial charge in [0.1, 0.15) is 11.6 Å². The zero-order chi connectivity index (χ0) is 15.2. The van der Waals surface area contributed by atoms with E-state index >= 15 is 0 Å². The Morgan fingerprint density at radius 3 is 2.90 bits per heavy atom. The lowest BCUT2D eigenvalue weighted by atomic mass is 10.2. The van der Waals surface area contributed by atoms with Crippen molar-refractivity contribution < 1.29 is 9.18 Å². The van der Waals surface area contributed by atoms with Crippen LogP contribution in [0.4, 0.5) is 10.2 Å². The molecule has 3 N–H and O–H groups in total. The minimum Gasteiger partial charge on any atom is -0.369 e. The molecule has 21 heavy (non-hydrogen) atoms. The summed E-state index contributed by atoms with van der Waals surface area (Å²) in [7, 11) is 0. The second kappa shape index (κ2) is 6.83. The third kappa shape index (κ3) is 3.77. The average Bonchev–Trinajstić information content (AvgIpc) is 2.88. The lowest BCUT2D eigenvalue weighted by Gasteiger charge is -2.10. The molecule has 0 aliphatic rings. The van der Waals surface area contributed by atoms with E-state index in [9.17, 15) is 9.18 Å². The number of carbonyl (C=O) groups is 1. The first-order valence-electron chi connectivity index (χ1n) is 6.78. The molecule has 1 amide bonds. The smallest absolute Gasteiger partial charge is 0.255 e. The van der Waals surface area contributed by atoms with E-state index in [2.05, 4.69) is 25.8 Å². The van der Waals surface area contributed by atoms with Crippen LogP contribution in [0.25, 0.3) is 0 Å². The maximum absolute atomic E-state index is 13.3. The van der Waals surface area contributed by atoms with Crippen molar-refractivity contribution >= 4 is 11.7 Å². The fourth-order valence-corrected chi connectivity index (χ4v) is 1.82. The molecular weight excluding hydrogens is 273 g/mol. The molecule has 0 aliphatic heterocycles. The van der Waals surface area contributed by atoms with Crippen LogP contribution in [-0.2, 0) is 6.54 Å². The fourth-order valence-electron chi connectivity index (χ4n) is 1.82. The van der Waals surface area contributed by atoms with Crippen LogP contribution in [0.1, 0.15) is 35.0 Å². The van der Waals surface area contributed by atoms with Gasteiger partial charge in [-0.25, -0.2) is 9.37 Å². The van der Waals surface area contributed by atoms with Crippen LogP contribution < -0.4 is 10.6 Å². The Balaban J connectivity index is 2.10. The SMILES string of the molecule is CCCNc1ncc(F)cc1C(=O)NCc1cn[nH]c1C. The maximum atomic E-state index is 13.3. The van der Waals surface area contributed by atoms with Crippen molar-refractivity contribution in [3.8, 4) is 0 Å². The third-order valence-electron chi connectivity index (χ3n) is 3.02. The van der Waals surface area contributed by atoms with Gasteiger partial charge in [0.15, 0.2) is 0 Å². The number of rotatable bonds is 6. The second-order valence-corrected chi connectivity index (χ2v) is 4.68. The number of H-pyrrole nitrogens is 1. The molecular formula is C14H18FN5O. The quantitative estimate of drug-likeness (QED) is 0.760. The Morgan fingerprint density at radius 1 is 1.43 bits per heavy atom. The Labute approximate surface area is 122 Å². The molecule has 0 fully saturated rings. The standard InChI is InChI=1S/C14H18FN5O/c1-3-4-16-13-12(5-11(15)8-17-13)14(21)18-6-10-7-19-20-9(10)2/h5,7-8H,3-4,6H2,1-2H3,(H,16,17)(H,18,21)(H,19,20). The van der Waals surface area contributed by atoms with Crippen molar-refractivity contribution in [2.24, 2.45) is 0 Å². The van der Waals surface area contributed by atoms with E-state index < -0.39 is 5.82 Å². The van der Waals surface area contributed by atoms with Crippen molar-refractivity contribution in [3.63, 3.8) is 0 Å². The van der Waals surface area contributed by atoms with Crippen LogP contribution in [0.15, 0.2) is 18.5 Å². The van der Waals surface area contributed by atoms with Crippen molar-refractivity contribution in [1.82, 2.24) is 20.5 Å². The van der Waals surface area contributed by atoms with Crippen molar-refractivity contribution in [3.05, 3.63) is 41.1 Å². The summed E-state index contributed by atoms with van der Waals surface area (Å²) in [6, 6.07) is 1.18. The van der Waals surface area contributed by atoms with E-state index in [-0.39, 0.29) is 11.5 Å². The van der Waals surface area contributed by atoms with Crippen molar-refractivity contribution in [1.29, 1.82) is 0 Å². The Hall–Kier alpha value is -2.44. The Morgan fingerprint density at radius 2 is 2.24 bits per heavy atom. The maximum Gasteiger partial charge on any atom is 0.255 e. The number of nitrogens with zero attached hydrogens (tertiary/aromatic N) is 2. The van der Waals surface area contributed by atoms with Crippen LogP contribution in [0.5, 0.6) is 0 Å². The molecule has 0 bridgehead atoms. The van der Waals surface area contributed by atoms with Gasteiger partial charge in [-0.15, -0.1) is 0 Å². The second-order valence-electron chi connectivity index (χ2n) is 4.68. The highest BCUT2D eigenvalue weighted by Gasteiger charge is 2.14. The van der Waals surface area contributed by atoms with Gasteiger partial charge in [0.2, 0.25) is 0 Å². The molecule has 2 heterocycles. The number of aromatic amines is 1. The highest BCUT2D eigenvalue weighted by atomic mass is 19.1. The number of halogens is 1. The Bertz CT molecular complexity index is 626. The minimum absolute atomic E-state index is 0.199. The number of nitrogens with one attached hydrogen (secondary N) is 3. The monoisotopic (exact) mass is 291 g/mol. The van der Waals surface area contributed by atoms with E-state index in [1.807, 2.05) is 13.8 Å². The summed E-state index contributed by atoms with van der Waals surface area (Å²) in [5.74, 6) is -0.525. The van der Waals surface area contributed by atoms with E-state index in [0.29, 0.717) is 18.9 Å². The number of carbonyl (C=O) groups excluding carboxylic acids is 1. The summed E-state index contributed by atoms with van der Waals surface area (Å²) in [6.07, 6.45) is 3.62. The molecule has 0 aromatic carbocycles. The van der Waals surface area contributed by atoms with Gasteiger partial charge < -0.3 is 10.6 Å². The van der Waals surface area contributed by atoms with Crippen LogP contribution >= 0.6 is 0 Å². The zero-order valence-corrected chi connectivity index (χ0v) is 12.0. The predicted molar refractivity (Wildman–Crippen MR) is 77.5 cm³/mol. The molecule has 2 aromatic rings. The molecule has 0 saturated heterocycles. The van der Waals surface area contributed by atoms with Crippen LogP contribution in [0, 0.1) is 12.7 Å². The molecule has 0 atom stereocenters. The van der Waals surface area contributed by atoms with Crippen LogP contribution in [-0.4, -0.2) is 27.6 Å². The van der Waals surface area contributed by atoms with Gasteiger partial charge in [-0.1, -0.05) is 6.92 Å². The third-order valence-corrected chi connectivity index (χ3v) is 3.02. The van der Waals surface area contributed by atoms with E-state index in [1.54, 1.807) is 6.20 Å². The van der Waals surface area contributed by atoms with E-state index in [4.69, 9.17) is 0 Å². The summed E-state index contributed by atoms with van der Waals surface area (Å²) >= 11 is 0. The van der Waals surface area contributed by atoms with Gasteiger partial charge in [0.25, 0.3) is 5.91 Å². The number of amides is 1. The number of aromatic nitrogens is 3. The molecule has 0 aliphatic carbocycles. The number of pyridine rings is 1. The number of hydrogen-bond acceptors (Lipinski definition) is 4. The molecule has 2 rings (SSSR count). The highest BCUT2D eigenvalue weighted by Crippen LogP contribution is 2.14. The van der Waals surface area contributed by atoms with Gasteiger partial charge in [-0.3, -0.25) is 9.89 Å². The average molecular weight is 291 g/mol. The molecule has 0 saturated carbocycles. The van der Waals surface area contributed by atoms with E-state index in [1.165, 1.54) is 6.07 Å². The molecule has 112 valence electrons. The lowest BCUT2D eigenvalue weighted by molar-refractivity contribution is 0.0951. The normalized spacial score (nSPS) is 10.4.